The molecule has 0 atom stereocenters. The van der Waals surface area contributed by atoms with Crippen molar-refractivity contribution >= 4 is 5.95 Å². The molecule has 0 fully saturated rings. The minimum atomic E-state index is -0.891. The number of rotatable bonds is 4. The van der Waals surface area contributed by atoms with Crippen LogP contribution in [-0.4, -0.2) is 16.5 Å². The number of hydrogen-bond donors (Lipinski definition) is 1. The highest BCUT2D eigenvalue weighted by molar-refractivity contribution is 5.60. The summed E-state index contributed by atoms with van der Waals surface area (Å²) in [5.41, 5.74) is 0.498. The van der Waals surface area contributed by atoms with E-state index in [9.17, 15) is 8.78 Å². The van der Waals surface area contributed by atoms with E-state index < -0.39 is 11.6 Å². The van der Waals surface area contributed by atoms with Crippen LogP contribution in [0.5, 0.6) is 0 Å². The monoisotopic (exact) mass is 249 g/mol. The first-order chi connectivity index (χ1) is 8.72. The molecular weight excluding hydrogens is 236 g/mol. The highest BCUT2D eigenvalue weighted by atomic mass is 19.2. The molecule has 1 aromatic heterocycles. The molecule has 1 heterocycles. The van der Waals surface area contributed by atoms with Crippen molar-refractivity contribution in [3.63, 3.8) is 0 Å². The van der Waals surface area contributed by atoms with E-state index in [0.29, 0.717) is 11.6 Å². The number of aromatic nitrogens is 2. The fourth-order valence-corrected chi connectivity index (χ4v) is 1.53. The normalized spacial score (nSPS) is 10.4. The molecule has 0 unspecified atom stereocenters. The van der Waals surface area contributed by atoms with Crippen molar-refractivity contribution in [2.75, 3.05) is 11.9 Å². The van der Waals surface area contributed by atoms with E-state index in [1.165, 1.54) is 18.3 Å². The average molecular weight is 249 g/mol. The van der Waals surface area contributed by atoms with Crippen molar-refractivity contribution in [3.8, 4) is 11.3 Å². The number of nitrogens with zero attached hydrogens (tertiary/aromatic N) is 2. The predicted molar refractivity (Wildman–Crippen MR) is 66.2 cm³/mol. The summed E-state index contributed by atoms with van der Waals surface area (Å²) in [6, 6.07) is 5.57. The van der Waals surface area contributed by atoms with Gasteiger partial charge in [0.25, 0.3) is 0 Å². The van der Waals surface area contributed by atoms with E-state index >= 15 is 0 Å². The van der Waals surface area contributed by atoms with E-state index in [1.54, 1.807) is 6.07 Å². The van der Waals surface area contributed by atoms with Gasteiger partial charge in [0.15, 0.2) is 11.6 Å². The second-order valence-electron chi connectivity index (χ2n) is 3.79. The zero-order chi connectivity index (χ0) is 13.0. The lowest BCUT2D eigenvalue weighted by molar-refractivity contribution is 0.511. The van der Waals surface area contributed by atoms with Crippen LogP contribution in [0.2, 0.25) is 0 Å². The molecule has 94 valence electrons. The zero-order valence-corrected chi connectivity index (χ0v) is 9.95. The van der Waals surface area contributed by atoms with Gasteiger partial charge in [0.1, 0.15) is 0 Å². The minimum Gasteiger partial charge on any atom is -0.354 e. The Morgan fingerprint density at radius 1 is 1.22 bits per heavy atom. The molecule has 2 aromatic rings. The van der Waals surface area contributed by atoms with Crippen LogP contribution in [0.25, 0.3) is 11.3 Å². The minimum absolute atomic E-state index is 0.136. The largest absolute Gasteiger partial charge is 0.354 e. The number of halogens is 2. The molecule has 0 aliphatic carbocycles. The molecule has 0 radical (unpaired) electrons. The molecular formula is C13H13F2N3. The summed E-state index contributed by atoms with van der Waals surface area (Å²) in [5.74, 6) is -1.36. The van der Waals surface area contributed by atoms with E-state index in [-0.39, 0.29) is 5.56 Å². The van der Waals surface area contributed by atoms with Crippen LogP contribution in [0.4, 0.5) is 14.7 Å². The number of hydrogen-bond acceptors (Lipinski definition) is 3. The predicted octanol–water partition coefficient (Wildman–Crippen LogP) is 3.24. The third kappa shape index (κ3) is 2.61. The Morgan fingerprint density at radius 2 is 2.06 bits per heavy atom. The first-order valence-electron chi connectivity index (χ1n) is 5.73. The molecule has 0 aliphatic rings. The lowest BCUT2D eigenvalue weighted by atomic mass is 10.1. The lowest BCUT2D eigenvalue weighted by Crippen LogP contribution is -2.04. The van der Waals surface area contributed by atoms with Crippen molar-refractivity contribution in [1.82, 2.24) is 9.97 Å². The smallest absolute Gasteiger partial charge is 0.223 e. The summed E-state index contributed by atoms with van der Waals surface area (Å²) in [4.78, 5) is 8.17. The molecule has 3 nitrogen and oxygen atoms in total. The molecule has 0 saturated carbocycles. The van der Waals surface area contributed by atoms with Crippen LogP contribution in [0, 0.1) is 11.6 Å². The van der Waals surface area contributed by atoms with Crippen molar-refractivity contribution < 1.29 is 8.78 Å². The fourth-order valence-electron chi connectivity index (χ4n) is 1.53. The van der Waals surface area contributed by atoms with Crippen LogP contribution in [0.15, 0.2) is 30.5 Å². The van der Waals surface area contributed by atoms with Crippen molar-refractivity contribution in [2.24, 2.45) is 0 Å². The molecule has 5 heteroatoms. The van der Waals surface area contributed by atoms with Gasteiger partial charge in [-0.25, -0.2) is 18.7 Å². The number of nitrogens with one attached hydrogen (secondary N) is 1. The molecule has 1 aromatic carbocycles. The van der Waals surface area contributed by atoms with Gasteiger partial charge in [-0.05, 0) is 24.6 Å². The molecule has 18 heavy (non-hydrogen) atoms. The maximum atomic E-state index is 13.6. The SMILES string of the molecule is CCCNc1nccc(-c2cccc(F)c2F)n1. The first-order valence-corrected chi connectivity index (χ1v) is 5.73. The summed E-state index contributed by atoms with van der Waals surface area (Å²) < 4.78 is 26.7. The molecule has 2 rings (SSSR count). The third-order valence-corrected chi connectivity index (χ3v) is 2.42. The number of anilines is 1. The van der Waals surface area contributed by atoms with Gasteiger partial charge >= 0.3 is 0 Å². The Morgan fingerprint density at radius 3 is 2.83 bits per heavy atom. The fraction of sp³-hybridized carbons (Fsp3) is 0.231. The standard InChI is InChI=1S/C13H13F2N3/c1-2-7-16-13-17-8-6-11(18-13)9-4-3-5-10(14)12(9)15/h3-6,8H,2,7H2,1H3,(H,16,17,18). The van der Waals surface area contributed by atoms with Crippen molar-refractivity contribution in [2.45, 2.75) is 13.3 Å². The Kier molecular flexibility index (Phi) is 3.82. The van der Waals surface area contributed by atoms with Gasteiger partial charge < -0.3 is 5.32 Å². The van der Waals surface area contributed by atoms with Gasteiger partial charge in [-0.1, -0.05) is 13.0 Å². The van der Waals surface area contributed by atoms with Crippen LogP contribution in [0.3, 0.4) is 0 Å². The molecule has 0 amide bonds. The first kappa shape index (κ1) is 12.4. The summed E-state index contributed by atoms with van der Waals surface area (Å²) in [5, 5.41) is 3.00. The molecule has 0 bridgehead atoms. The zero-order valence-electron chi connectivity index (χ0n) is 9.95. The number of benzene rings is 1. The van der Waals surface area contributed by atoms with E-state index in [4.69, 9.17) is 0 Å². The Labute approximate surface area is 104 Å². The van der Waals surface area contributed by atoms with E-state index in [2.05, 4.69) is 15.3 Å². The summed E-state index contributed by atoms with van der Waals surface area (Å²) >= 11 is 0. The topological polar surface area (TPSA) is 37.8 Å². The molecule has 0 aliphatic heterocycles. The van der Waals surface area contributed by atoms with Gasteiger partial charge in [-0.15, -0.1) is 0 Å². The van der Waals surface area contributed by atoms with Crippen LogP contribution in [0.1, 0.15) is 13.3 Å². The molecule has 1 N–H and O–H groups in total. The Bertz CT molecular complexity index is 544. The van der Waals surface area contributed by atoms with Crippen molar-refractivity contribution in [1.29, 1.82) is 0 Å². The second kappa shape index (κ2) is 5.53. The van der Waals surface area contributed by atoms with Crippen molar-refractivity contribution in [3.05, 3.63) is 42.1 Å². The second-order valence-corrected chi connectivity index (χ2v) is 3.79. The van der Waals surface area contributed by atoms with Gasteiger partial charge in [-0.3, -0.25) is 0 Å². The van der Waals surface area contributed by atoms with Gasteiger partial charge in [0.05, 0.1) is 5.69 Å². The van der Waals surface area contributed by atoms with Crippen LogP contribution < -0.4 is 5.32 Å². The van der Waals surface area contributed by atoms with Gasteiger partial charge in [0, 0.05) is 18.3 Å². The highest BCUT2D eigenvalue weighted by Gasteiger charge is 2.11. The Balaban J connectivity index is 2.35. The van der Waals surface area contributed by atoms with Gasteiger partial charge in [0.2, 0.25) is 5.95 Å². The van der Waals surface area contributed by atoms with Crippen LogP contribution >= 0.6 is 0 Å². The molecule has 0 saturated heterocycles. The van der Waals surface area contributed by atoms with E-state index in [0.717, 1.165) is 19.0 Å². The van der Waals surface area contributed by atoms with Gasteiger partial charge in [-0.2, -0.15) is 0 Å². The highest BCUT2D eigenvalue weighted by Crippen LogP contribution is 2.22. The molecule has 0 spiro atoms. The summed E-state index contributed by atoms with van der Waals surface area (Å²) in [6.45, 7) is 2.75. The summed E-state index contributed by atoms with van der Waals surface area (Å²) in [6.07, 6.45) is 2.45. The average Bonchev–Trinajstić information content (AvgIpc) is 2.40. The third-order valence-electron chi connectivity index (χ3n) is 2.42. The Hall–Kier alpha value is -2.04. The van der Waals surface area contributed by atoms with E-state index in [1.807, 2.05) is 6.92 Å². The summed E-state index contributed by atoms with van der Waals surface area (Å²) in [7, 11) is 0. The van der Waals surface area contributed by atoms with Crippen LogP contribution in [-0.2, 0) is 0 Å². The maximum absolute atomic E-state index is 13.6. The quantitative estimate of drug-likeness (QED) is 0.903. The lowest BCUT2D eigenvalue weighted by Gasteiger charge is -2.06. The maximum Gasteiger partial charge on any atom is 0.223 e.